The van der Waals surface area contributed by atoms with Crippen LogP contribution in [-0.2, 0) is 6.18 Å². The van der Waals surface area contributed by atoms with Crippen LogP contribution < -0.4 is 0 Å². The van der Waals surface area contributed by atoms with Gasteiger partial charge in [0.25, 0.3) is 0 Å². The molecule has 0 radical (unpaired) electrons. The fourth-order valence-corrected chi connectivity index (χ4v) is 1.52. The third-order valence-electron chi connectivity index (χ3n) is 2.48. The number of aldehydes is 1. The summed E-state index contributed by atoms with van der Waals surface area (Å²) in [6.45, 7) is -0.510. The van der Waals surface area contributed by atoms with Crippen molar-refractivity contribution in [1.29, 1.82) is 0 Å². The van der Waals surface area contributed by atoms with E-state index in [1.54, 1.807) is 0 Å². The summed E-state index contributed by atoms with van der Waals surface area (Å²) in [5.41, 5.74) is 6.38. The smallest absolute Gasteiger partial charge is 0.390 e. The molecule has 20 heavy (non-hydrogen) atoms. The molecular weight excluding hydrogens is 279 g/mol. The van der Waals surface area contributed by atoms with Gasteiger partial charge < -0.3 is 10.2 Å². The predicted octanol–water partition coefficient (Wildman–Crippen LogP) is 2.22. The quantitative estimate of drug-likeness (QED) is 0.375. The Morgan fingerprint density at radius 1 is 1.35 bits per heavy atom. The third-order valence-corrected chi connectivity index (χ3v) is 2.48. The molecule has 2 atom stereocenters. The molecule has 2 unspecified atom stereocenters. The Bertz CT molecular complexity index is 541. The van der Waals surface area contributed by atoms with Crippen LogP contribution in [-0.4, -0.2) is 29.1 Å². The van der Waals surface area contributed by atoms with E-state index in [1.165, 1.54) is 0 Å². The van der Waals surface area contributed by atoms with Gasteiger partial charge in [-0.15, -0.1) is 0 Å². The monoisotopic (exact) mass is 289 g/mol. The predicted molar refractivity (Wildman–Crippen MR) is 61.8 cm³/mol. The number of halogens is 3. The topological polar surface area (TPSA) is 106 Å². The molecule has 9 heteroatoms. The molecule has 2 N–H and O–H groups in total. The first-order valence-corrected chi connectivity index (χ1v) is 5.34. The van der Waals surface area contributed by atoms with Crippen LogP contribution in [0.3, 0.4) is 0 Å². The maximum absolute atomic E-state index is 12.6. The molecule has 0 aromatic heterocycles. The van der Waals surface area contributed by atoms with E-state index >= 15 is 0 Å². The van der Waals surface area contributed by atoms with Crippen LogP contribution >= 0.6 is 0 Å². The Morgan fingerprint density at radius 2 is 2.00 bits per heavy atom. The van der Waals surface area contributed by atoms with Gasteiger partial charge in [-0.3, -0.25) is 4.79 Å². The number of rotatable bonds is 5. The second-order valence-corrected chi connectivity index (χ2v) is 3.93. The van der Waals surface area contributed by atoms with Crippen LogP contribution in [0, 0.1) is 0 Å². The third kappa shape index (κ3) is 3.95. The van der Waals surface area contributed by atoms with Crippen molar-refractivity contribution in [2.45, 2.75) is 18.4 Å². The maximum atomic E-state index is 12.6. The first-order valence-electron chi connectivity index (χ1n) is 5.34. The molecule has 0 aliphatic rings. The Kier molecular flexibility index (Phi) is 5.09. The molecule has 0 aliphatic carbocycles. The van der Waals surface area contributed by atoms with Crippen molar-refractivity contribution in [3.05, 3.63) is 45.3 Å². The molecule has 0 bridgehead atoms. The summed E-state index contributed by atoms with van der Waals surface area (Å²) in [6.07, 6.45) is -7.77. The Morgan fingerprint density at radius 3 is 2.50 bits per heavy atom. The van der Waals surface area contributed by atoms with Crippen molar-refractivity contribution < 1.29 is 28.2 Å². The van der Waals surface area contributed by atoms with E-state index in [9.17, 15) is 28.2 Å². The van der Waals surface area contributed by atoms with Gasteiger partial charge in [0.15, 0.2) is 0 Å². The second kappa shape index (κ2) is 6.38. The van der Waals surface area contributed by atoms with E-state index in [1.807, 2.05) is 0 Å². The molecule has 1 aromatic carbocycles. The fraction of sp³-hybridized carbons (Fsp3) is 0.364. The summed E-state index contributed by atoms with van der Waals surface area (Å²) < 4.78 is 37.9. The molecule has 0 amide bonds. The number of aliphatic hydroxyl groups excluding tert-OH is 2. The number of azide groups is 1. The van der Waals surface area contributed by atoms with E-state index in [0.29, 0.717) is 12.1 Å². The van der Waals surface area contributed by atoms with Crippen LogP contribution in [0.4, 0.5) is 13.2 Å². The highest BCUT2D eigenvalue weighted by Crippen LogP contribution is 2.32. The van der Waals surface area contributed by atoms with Gasteiger partial charge in [0, 0.05) is 10.5 Å². The van der Waals surface area contributed by atoms with E-state index in [4.69, 9.17) is 5.53 Å². The number of benzene rings is 1. The Hall–Kier alpha value is -2.09. The molecule has 6 nitrogen and oxygen atoms in total. The van der Waals surface area contributed by atoms with Gasteiger partial charge in [0.2, 0.25) is 0 Å². The van der Waals surface area contributed by atoms with Crippen molar-refractivity contribution in [3.8, 4) is 0 Å². The zero-order chi connectivity index (χ0) is 15.3. The lowest BCUT2D eigenvalue weighted by Gasteiger charge is -2.18. The van der Waals surface area contributed by atoms with Crippen LogP contribution in [0.1, 0.15) is 27.6 Å². The minimum Gasteiger partial charge on any atom is -0.390 e. The minimum absolute atomic E-state index is 0.200. The van der Waals surface area contributed by atoms with Crippen molar-refractivity contribution in [1.82, 2.24) is 0 Å². The molecule has 0 aliphatic heterocycles. The van der Waals surface area contributed by atoms with Gasteiger partial charge >= 0.3 is 6.18 Å². The first-order chi connectivity index (χ1) is 9.29. The van der Waals surface area contributed by atoms with Gasteiger partial charge in [0.05, 0.1) is 18.2 Å². The lowest BCUT2D eigenvalue weighted by Crippen LogP contribution is -2.22. The summed E-state index contributed by atoms with van der Waals surface area (Å²) in [6, 6.07) is 2.27. The Labute approximate surface area is 111 Å². The zero-order valence-electron chi connectivity index (χ0n) is 9.95. The number of hydrogen-bond acceptors (Lipinski definition) is 4. The van der Waals surface area contributed by atoms with Crippen LogP contribution in [0.15, 0.2) is 23.3 Å². The van der Waals surface area contributed by atoms with Gasteiger partial charge in [0.1, 0.15) is 12.4 Å². The summed E-state index contributed by atoms with van der Waals surface area (Å²) in [4.78, 5) is 13.0. The molecule has 0 saturated carbocycles. The highest BCUT2D eigenvalue weighted by molar-refractivity contribution is 5.75. The number of carbonyl (C=O) groups is 1. The lowest BCUT2D eigenvalue weighted by atomic mass is 9.99. The number of carbonyl (C=O) groups excluding carboxylic acids is 1. The molecule has 108 valence electrons. The van der Waals surface area contributed by atoms with Crippen molar-refractivity contribution in [3.63, 3.8) is 0 Å². The SMILES string of the molecule is [N-]=[N+]=NCC(O)C(O)c1cc(C=O)cc(C(F)(F)F)c1. The largest absolute Gasteiger partial charge is 0.416 e. The summed E-state index contributed by atoms with van der Waals surface area (Å²) in [5.74, 6) is 0. The minimum atomic E-state index is -4.69. The fourth-order valence-electron chi connectivity index (χ4n) is 1.52. The number of hydrogen-bond donors (Lipinski definition) is 2. The average molecular weight is 289 g/mol. The molecule has 0 fully saturated rings. The molecule has 0 saturated heterocycles. The normalized spacial score (nSPS) is 14.2. The highest BCUT2D eigenvalue weighted by Gasteiger charge is 2.32. The summed E-state index contributed by atoms with van der Waals surface area (Å²) in [7, 11) is 0. The summed E-state index contributed by atoms with van der Waals surface area (Å²) >= 11 is 0. The van der Waals surface area contributed by atoms with Gasteiger partial charge in [-0.05, 0) is 29.3 Å². The van der Waals surface area contributed by atoms with Crippen LogP contribution in [0.25, 0.3) is 10.4 Å². The molecule has 1 rings (SSSR count). The highest BCUT2D eigenvalue weighted by atomic mass is 19.4. The summed E-state index contributed by atoms with van der Waals surface area (Å²) in [5, 5.41) is 22.2. The molecule has 1 aromatic rings. The standard InChI is InChI=1S/C11H10F3N3O3/c12-11(13,14)8-2-6(5-18)1-7(3-8)10(20)9(19)4-16-17-15/h1-3,5,9-10,19-20H,4H2. The van der Waals surface area contributed by atoms with Crippen molar-refractivity contribution >= 4 is 6.29 Å². The average Bonchev–Trinajstić information content (AvgIpc) is 2.42. The lowest BCUT2D eigenvalue weighted by molar-refractivity contribution is -0.137. The van der Waals surface area contributed by atoms with Gasteiger partial charge in [-0.25, -0.2) is 0 Å². The van der Waals surface area contributed by atoms with Gasteiger partial charge in [-0.2, -0.15) is 13.2 Å². The zero-order valence-corrected chi connectivity index (χ0v) is 9.95. The van der Waals surface area contributed by atoms with E-state index < -0.39 is 30.5 Å². The van der Waals surface area contributed by atoms with Crippen molar-refractivity contribution in [2.75, 3.05) is 6.54 Å². The number of nitrogens with zero attached hydrogens (tertiary/aromatic N) is 3. The molecule has 0 spiro atoms. The molecule has 0 heterocycles. The Balaban J connectivity index is 3.16. The number of alkyl halides is 3. The van der Waals surface area contributed by atoms with Crippen molar-refractivity contribution in [2.24, 2.45) is 5.11 Å². The van der Waals surface area contributed by atoms with E-state index in [0.717, 1.165) is 6.07 Å². The van der Waals surface area contributed by atoms with Gasteiger partial charge in [-0.1, -0.05) is 5.11 Å². The molecular formula is C11H10F3N3O3. The first kappa shape index (κ1) is 16.0. The second-order valence-electron chi connectivity index (χ2n) is 3.93. The van der Waals surface area contributed by atoms with Crippen LogP contribution in [0.5, 0.6) is 0 Å². The maximum Gasteiger partial charge on any atom is 0.416 e. The van der Waals surface area contributed by atoms with E-state index in [2.05, 4.69) is 10.0 Å². The van der Waals surface area contributed by atoms with Crippen LogP contribution in [0.2, 0.25) is 0 Å². The number of aliphatic hydroxyl groups is 2. The van der Waals surface area contributed by atoms with E-state index in [-0.39, 0.29) is 17.4 Å².